The molecule has 0 amide bonds. The summed E-state index contributed by atoms with van der Waals surface area (Å²) in [5.74, 6) is 0.153. The topological polar surface area (TPSA) is 58.4 Å². The van der Waals surface area contributed by atoms with E-state index in [0.717, 1.165) is 31.6 Å². The van der Waals surface area contributed by atoms with Gasteiger partial charge in [0.05, 0.1) is 15.5 Å². The third kappa shape index (κ3) is 4.38. The molecule has 0 spiro atoms. The maximum absolute atomic E-state index is 13.4. The van der Waals surface area contributed by atoms with Crippen molar-refractivity contribution < 1.29 is 9.31 Å². The van der Waals surface area contributed by atoms with Crippen LogP contribution in [0.4, 0.5) is 15.8 Å². The lowest BCUT2D eigenvalue weighted by Gasteiger charge is -2.30. The van der Waals surface area contributed by atoms with Gasteiger partial charge in [-0.2, -0.15) is 0 Å². The van der Waals surface area contributed by atoms with Crippen molar-refractivity contribution in [2.75, 3.05) is 31.5 Å². The summed E-state index contributed by atoms with van der Waals surface area (Å²) >= 11 is 3.06. The number of nitrogens with zero attached hydrogens (tertiary/aromatic N) is 2. The normalized spacial score (nSPS) is 16.9. The zero-order valence-electron chi connectivity index (χ0n) is 11.9. The van der Waals surface area contributed by atoms with Gasteiger partial charge in [0.25, 0.3) is 5.69 Å². The fraction of sp³-hybridized carbons (Fsp3) is 0.571. The van der Waals surface area contributed by atoms with E-state index < -0.39 is 10.7 Å². The van der Waals surface area contributed by atoms with Crippen LogP contribution in [-0.4, -0.2) is 36.0 Å². The van der Waals surface area contributed by atoms with E-state index in [1.54, 1.807) is 0 Å². The summed E-state index contributed by atoms with van der Waals surface area (Å²) in [4.78, 5) is 12.7. The molecule has 2 rings (SSSR count). The number of anilines is 1. The van der Waals surface area contributed by atoms with Gasteiger partial charge in [0.1, 0.15) is 11.5 Å². The van der Waals surface area contributed by atoms with Crippen molar-refractivity contribution in [3.63, 3.8) is 0 Å². The van der Waals surface area contributed by atoms with Crippen LogP contribution in [0.3, 0.4) is 0 Å². The lowest BCUT2D eigenvalue weighted by molar-refractivity contribution is -0.384. The second kappa shape index (κ2) is 7.17. The van der Waals surface area contributed by atoms with E-state index in [1.807, 2.05) is 0 Å². The van der Waals surface area contributed by atoms with Gasteiger partial charge in [-0.15, -0.1) is 0 Å². The van der Waals surface area contributed by atoms with E-state index in [4.69, 9.17) is 0 Å². The molecule has 21 heavy (non-hydrogen) atoms. The fourth-order valence-corrected chi connectivity index (χ4v) is 2.81. The van der Waals surface area contributed by atoms with Crippen molar-refractivity contribution in [3.8, 4) is 0 Å². The molecule has 1 aromatic carbocycles. The number of hydrogen-bond donors (Lipinski definition) is 1. The summed E-state index contributed by atoms with van der Waals surface area (Å²) in [7, 11) is 0. The predicted octanol–water partition coefficient (Wildman–Crippen LogP) is 3.64. The van der Waals surface area contributed by atoms with E-state index in [0.29, 0.717) is 12.2 Å². The Kier molecular flexibility index (Phi) is 5.52. The monoisotopic (exact) mass is 359 g/mol. The van der Waals surface area contributed by atoms with Crippen LogP contribution in [0.2, 0.25) is 0 Å². The summed E-state index contributed by atoms with van der Waals surface area (Å²) in [5, 5.41) is 14.0. The van der Waals surface area contributed by atoms with Crippen molar-refractivity contribution in [1.82, 2.24) is 4.90 Å². The number of benzene rings is 1. The molecular formula is C14H19BrFN3O2. The van der Waals surface area contributed by atoms with E-state index in [2.05, 4.69) is 33.1 Å². The highest BCUT2D eigenvalue weighted by Crippen LogP contribution is 2.30. The van der Waals surface area contributed by atoms with Gasteiger partial charge in [-0.25, -0.2) is 4.39 Å². The molecule has 116 valence electrons. The second-order valence-electron chi connectivity index (χ2n) is 5.49. The van der Waals surface area contributed by atoms with E-state index in [-0.39, 0.29) is 10.2 Å². The highest BCUT2D eigenvalue weighted by atomic mass is 79.9. The minimum Gasteiger partial charge on any atom is -0.378 e. The van der Waals surface area contributed by atoms with Crippen LogP contribution in [0.25, 0.3) is 0 Å². The summed E-state index contributed by atoms with van der Waals surface area (Å²) in [5.41, 5.74) is 0.113. The predicted molar refractivity (Wildman–Crippen MR) is 84.1 cm³/mol. The molecule has 0 bridgehead atoms. The van der Waals surface area contributed by atoms with Crippen LogP contribution in [0.15, 0.2) is 16.6 Å². The first-order valence-electron chi connectivity index (χ1n) is 7.07. The molecule has 7 heteroatoms. The van der Waals surface area contributed by atoms with Gasteiger partial charge >= 0.3 is 0 Å². The van der Waals surface area contributed by atoms with Crippen molar-refractivity contribution in [1.29, 1.82) is 0 Å². The van der Waals surface area contributed by atoms with Crippen LogP contribution >= 0.6 is 15.9 Å². The molecule has 5 nitrogen and oxygen atoms in total. The maximum atomic E-state index is 13.4. The minimum absolute atomic E-state index is 0.224. The highest BCUT2D eigenvalue weighted by Gasteiger charge is 2.18. The minimum atomic E-state index is -0.628. The Balaban J connectivity index is 1.93. The van der Waals surface area contributed by atoms with Gasteiger partial charge in [-0.1, -0.05) is 6.92 Å². The first-order valence-corrected chi connectivity index (χ1v) is 7.86. The van der Waals surface area contributed by atoms with Crippen LogP contribution in [-0.2, 0) is 0 Å². The van der Waals surface area contributed by atoms with Crippen molar-refractivity contribution in [2.24, 2.45) is 5.92 Å². The molecule has 0 unspecified atom stereocenters. The molecule has 1 aliphatic rings. The standard InChI is InChI=1S/C14H19BrFN3O2/c1-10-2-5-18(6-3-10)7-4-17-13-8-11(15)12(16)9-14(13)19(20)21/h8-10,17H,2-7H2,1H3. The van der Waals surface area contributed by atoms with Crippen LogP contribution in [0.5, 0.6) is 0 Å². The summed E-state index contributed by atoms with van der Waals surface area (Å²) in [6.07, 6.45) is 2.39. The van der Waals surface area contributed by atoms with Gasteiger partial charge in [-0.05, 0) is 53.8 Å². The molecule has 1 N–H and O–H groups in total. The molecule has 0 aliphatic carbocycles. The van der Waals surface area contributed by atoms with E-state index >= 15 is 0 Å². The quantitative estimate of drug-likeness (QED) is 0.643. The number of piperidine rings is 1. The van der Waals surface area contributed by atoms with E-state index in [1.165, 1.54) is 18.9 Å². The maximum Gasteiger partial charge on any atom is 0.295 e. The lowest BCUT2D eigenvalue weighted by Crippen LogP contribution is -2.36. The molecule has 0 aromatic heterocycles. The Hall–Kier alpha value is -1.21. The molecule has 0 atom stereocenters. The highest BCUT2D eigenvalue weighted by molar-refractivity contribution is 9.10. The van der Waals surface area contributed by atoms with E-state index in [9.17, 15) is 14.5 Å². The number of rotatable bonds is 5. The van der Waals surface area contributed by atoms with Crippen LogP contribution in [0, 0.1) is 21.8 Å². The Morgan fingerprint density at radius 2 is 2.14 bits per heavy atom. The molecule has 0 saturated carbocycles. The van der Waals surface area contributed by atoms with Crippen LogP contribution in [0.1, 0.15) is 19.8 Å². The van der Waals surface area contributed by atoms with Crippen molar-refractivity contribution in [3.05, 3.63) is 32.5 Å². The molecular weight excluding hydrogens is 341 g/mol. The zero-order chi connectivity index (χ0) is 15.4. The number of hydrogen-bond acceptors (Lipinski definition) is 4. The smallest absolute Gasteiger partial charge is 0.295 e. The molecule has 1 fully saturated rings. The number of likely N-dealkylation sites (tertiary alicyclic amines) is 1. The van der Waals surface area contributed by atoms with Gasteiger partial charge in [0.2, 0.25) is 0 Å². The molecule has 1 aliphatic heterocycles. The third-order valence-electron chi connectivity index (χ3n) is 3.86. The summed E-state index contributed by atoms with van der Waals surface area (Å²) < 4.78 is 13.6. The van der Waals surface area contributed by atoms with Gasteiger partial charge in [0.15, 0.2) is 0 Å². The Morgan fingerprint density at radius 3 is 2.76 bits per heavy atom. The largest absolute Gasteiger partial charge is 0.378 e. The second-order valence-corrected chi connectivity index (χ2v) is 6.35. The van der Waals surface area contributed by atoms with Crippen molar-refractivity contribution in [2.45, 2.75) is 19.8 Å². The fourth-order valence-electron chi connectivity index (χ4n) is 2.46. The number of nitro groups is 1. The third-order valence-corrected chi connectivity index (χ3v) is 4.46. The average molecular weight is 360 g/mol. The zero-order valence-corrected chi connectivity index (χ0v) is 13.5. The van der Waals surface area contributed by atoms with Gasteiger partial charge in [0, 0.05) is 13.1 Å². The molecule has 1 heterocycles. The average Bonchev–Trinajstić information content (AvgIpc) is 2.44. The first-order chi connectivity index (χ1) is 9.97. The number of halogens is 2. The van der Waals surface area contributed by atoms with Crippen molar-refractivity contribution >= 4 is 27.3 Å². The summed E-state index contributed by atoms with van der Waals surface area (Å²) in [6.45, 7) is 5.83. The molecule has 0 radical (unpaired) electrons. The molecule has 1 aromatic rings. The Morgan fingerprint density at radius 1 is 1.48 bits per heavy atom. The Bertz CT molecular complexity index is 519. The SMILES string of the molecule is CC1CCN(CCNc2cc(Br)c(F)cc2[N+](=O)[O-])CC1. The summed E-state index contributed by atoms with van der Waals surface area (Å²) in [6, 6.07) is 2.36. The van der Waals surface area contributed by atoms with Crippen LogP contribution < -0.4 is 5.32 Å². The molecule has 1 saturated heterocycles. The first kappa shape index (κ1) is 16.2. The van der Waals surface area contributed by atoms with Gasteiger partial charge in [-0.3, -0.25) is 10.1 Å². The van der Waals surface area contributed by atoms with Gasteiger partial charge < -0.3 is 10.2 Å². The Labute approximate surface area is 131 Å². The number of nitro benzene ring substituents is 1. The lowest BCUT2D eigenvalue weighted by atomic mass is 9.99. The number of nitrogens with one attached hydrogen (secondary N) is 1.